The van der Waals surface area contributed by atoms with Crippen molar-refractivity contribution in [2.45, 2.75) is 26.3 Å². The second kappa shape index (κ2) is 6.24. The Kier molecular flexibility index (Phi) is 4.15. The highest BCUT2D eigenvalue weighted by Crippen LogP contribution is 2.31. The topological polar surface area (TPSA) is 57.6 Å². The van der Waals surface area contributed by atoms with Crippen molar-refractivity contribution < 1.29 is 14.7 Å². The zero-order chi connectivity index (χ0) is 16.4. The van der Waals surface area contributed by atoms with Gasteiger partial charge in [-0.15, -0.1) is 0 Å². The Bertz CT molecular complexity index is 767. The summed E-state index contributed by atoms with van der Waals surface area (Å²) in [6.45, 7) is 3.66. The van der Waals surface area contributed by atoms with Crippen LogP contribution in [0, 0.1) is 0 Å². The fraction of sp³-hybridized carbons (Fsp3) is 0.263. The molecule has 23 heavy (non-hydrogen) atoms. The smallest absolute Gasteiger partial charge is 0.307 e. The highest BCUT2D eigenvalue weighted by molar-refractivity contribution is 6.14. The van der Waals surface area contributed by atoms with E-state index in [9.17, 15) is 9.59 Å². The van der Waals surface area contributed by atoms with Crippen molar-refractivity contribution in [2.75, 3.05) is 11.4 Å². The molecule has 2 aromatic carbocycles. The molecular formula is C19H19NO3. The quantitative estimate of drug-likeness (QED) is 0.941. The molecule has 2 aromatic rings. The van der Waals surface area contributed by atoms with E-state index in [1.165, 1.54) is 0 Å². The van der Waals surface area contributed by atoms with Crippen LogP contribution in [0.15, 0.2) is 42.5 Å². The number of anilines is 1. The molecule has 0 saturated carbocycles. The van der Waals surface area contributed by atoms with Gasteiger partial charge in [0.1, 0.15) is 0 Å². The number of carboxylic acids is 1. The van der Waals surface area contributed by atoms with E-state index in [1.54, 1.807) is 12.1 Å². The molecule has 0 aromatic heterocycles. The van der Waals surface area contributed by atoms with E-state index in [-0.39, 0.29) is 12.2 Å². The van der Waals surface area contributed by atoms with Crippen molar-refractivity contribution in [3.05, 3.63) is 64.7 Å². The molecule has 4 heteroatoms. The Balaban J connectivity index is 2.14. The lowest BCUT2D eigenvalue weighted by Gasteiger charge is -2.24. The maximum Gasteiger partial charge on any atom is 0.307 e. The van der Waals surface area contributed by atoms with Crippen LogP contribution in [0.5, 0.6) is 0 Å². The molecule has 0 bridgehead atoms. The second-order valence-corrected chi connectivity index (χ2v) is 5.83. The van der Waals surface area contributed by atoms with Crippen molar-refractivity contribution in [3.63, 3.8) is 0 Å². The number of nitrogens with zero attached hydrogens (tertiary/aromatic N) is 1. The Morgan fingerprint density at radius 1 is 1.17 bits per heavy atom. The molecule has 1 aliphatic rings. The number of aliphatic carboxylic acids is 1. The first-order valence-corrected chi connectivity index (χ1v) is 7.82. The molecule has 1 aliphatic heterocycles. The number of fused-ring (bicyclic) bond motifs is 2. The number of carbonyl (C=O) groups excluding carboxylic acids is 1. The molecule has 0 amide bonds. The minimum atomic E-state index is -0.892. The number of hydrogen-bond acceptors (Lipinski definition) is 3. The lowest BCUT2D eigenvalue weighted by molar-refractivity contribution is -0.136. The van der Waals surface area contributed by atoms with Crippen LogP contribution in [0.4, 0.5) is 5.69 Å². The second-order valence-electron chi connectivity index (χ2n) is 5.83. The average molecular weight is 309 g/mol. The van der Waals surface area contributed by atoms with Gasteiger partial charge in [-0.3, -0.25) is 9.59 Å². The number of hydrogen-bond donors (Lipinski definition) is 1. The molecule has 0 aliphatic carbocycles. The van der Waals surface area contributed by atoms with Gasteiger partial charge in [-0.2, -0.15) is 0 Å². The van der Waals surface area contributed by atoms with Crippen LogP contribution in [-0.2, 0) is 17.8 Å². The standard InChI is InChI=1S/C19H19NO3/c1-2-9-20-12-14-5-3-4-6-15(14)19(23)16-10-13(11-18(21)22)7-8-17(16)20/h3-8,10H,2,9,11-12H2,1H3,(H,21,22). The zero-order valence-electron chi connectivity index (χ0n) is 13.1. The minimum absolute atomic E-state index is 0.0264. The van der Waals surface area contributed by atoms with Crippen molar-refractivity contribution in [3.8, 4) is 0 Å². The van der Waals surface area contributed by atoms with Gasteiger partial charge in [0.25, 0.3) is 0 Å². The Morgan fingerprint density at radius 3 is 2.70 bits per heavy atom. The summed E-state index contributed by atoms with van der Waals surface area (Å²) in [5.74, 6) is -0.918. The number of carbonyl (C=O) groups is 2. The van der Waals surface area contributed by atoms with E-state index in [0.717, 1.165) is 24.2 Å². The minimum Gasteiger partial charge on any atom is -0.481 e. The maximum absolute atomic E-state index is 12.9. The Hall–Kier alpha value is -2.62. The van der Waals surface area contributed by atoms with Crippen LogP contribution in [-0.4, -0.2) is 23.4 Å². The third kappa shape index (κ3) is 2.97. The van der Waals surface area contributed by atoms with E-state index < -0.39 is 5.97 Å². The van der Waals surface area contributed by atoms with Gasteiger partial charge < -0.3 is 10.0 Å². The van der Waals surface area contributed by atoms with Crippen molar-refractivity contribution in [2.24, 2.45) is 0 Å². The highest BCUT2D eigenvalue weighted by Gasteiger charge is 2.25. The molecule has 0 unspecified atom stereocenters. The lowest BCUT2D eigenvalue weighted by Crippen LogP contribution is -2.23. The van der Waals surface area contributed by atoms with E-state index >= 15 is 0 Å². The number of benzene rings is 2. The molecule has 1 N–H and O–H groups in total. The zero-order valence-corrected chi connectivity index (χ0v) is 13.1. The molecule has 118 valence electrons. The molecular weight excluding hydrogens is 290 g/mol. The van der Waals surface area contributed by atoms with Gasteiger partial charge in [0.15, 0.2) is 5.78 Å². The molecule has 1 heterocycles. The average Bonchev–Trinajstić information content (AvgIpc) is 2.64. The third-order valence-corrected chi connectivity index (χ3v) is 4.12. The van der Waals surface area contributed by atoms with Crippen LogP contribution in [0.1, 0.15) is 40.4 Å². The normalized spacial score (nSPS) is 13.3. The summed E-state index contributed by atoms with van der Waals surface area (Å²) in [5, 5.41) is 8.99. The summed E-state index contributed by atoms with van der Waals surface area (Å²) >= 11 is 0. The van der Waals surface area contributed by atoms with Crippen LogP contribution in [0.2, 0.25) is 0 Å². The van der Waals surface area contributed by atoms with E-state index in [1.807, 2.05) is 30.3 Å². The monoisotopic (exact) mass is 309 g/mol. The molecule has 0 spiro atoms. The molecule has 0 radical (unpaired) electrons. The molecule has 3 rings (SSSR count). The molecule has 0 saturated heterocycles. The van der Waals surface area contributed by atoms with Gasteiger partial charge in [0, 0.05) is 29.9 Å². The number of rotatable bonds is 4. The number of ketones is 1. The summed E-state index contributed by atoms with van der Waals surface area (Å²) in [6.07, 6.45) is 0.905. The fourth-order valence-corrected chi connectivity index (χ4v) is 3.11. The van der Waals surface area contributed by atoms with Crippen LogP contribution < -0.4 is 4.90 Å². The van der Waals surface area contributed by atoms with Gasteiger partial charge in [0.05, 0.1) is 6.42 Å². The SMILES string of the molecule is CCCN1Cc2ccccc2C(=O)c2cc(CC(=O)O)ccc21. The summed E-state index contributed by atoms with van der Waals surface area (Å²) in [6, 6.07) is 13.1. The van der Waals surface area contributed by atoms with Gasteiger partial charge in [-0.1, -0.05) is 37.3 Å². The molecule has 0 atom stereocenters. The van der Waals surface area contributed by atoms with Crippen LogP contribution >= 0.6 is 0 Å². The van der Waals surface area contributed by atoms with E-state index in [0.29, 0.717) is 23.2 Å². The van der Waals surface area contributed by atoms with Gasteiger partial charge in [0.2, 0.25) is 0 Å². The molecule has 4 nitrogen and oxygen atoms in total. The summed E-state index contributed by atoms with van der Waals surface area (Å²) < 4.78 is 0. The van der Waals surface area contributed by atoms with Crippen LogP contribution in [0.3, 0.4) is 0 Å². The maximum atomic E-state index is 12.9. The van der Waals surface area contributed by atoms with Crippen molar-refractivity contribution in [1.82, 2.24) is 0 Å². The Morgan fingerprint density at radius 2 is 1.96 bits per heavy atom. The first-order chi connectivity index (χ1) is 11.1. The van der Waals surface area contributed by atoms with Crippen LogP contribution in [0.25, 0.3) is 0 Å². The Labute approximate surface area is 135 Å². The lowest BCUT2D eigenvalue weighted by atomic mass is 9.97. The first kappa shape index (κ1) is 15.3. The predicted octanol–water partition coefficient (Wildman–Crippen LogP) is 3.27. The van der Waals surface area contributed by atoms with Gasteiger partial charge >= 0.3 is 5.97 Å². The van der Waals surface area contributed by atoms with Crippen molar-refractivity contribution in [1.29, 1.82) is 0 Å². The van der Waals surface area contributed by atoms with Gasteiger partial charge in [-0.25, -0.2) is 0 Å². The third-order valence-electron chi connectivity index (χ3n) is 4.12. The summed E-state index contributed by atoms with van der Waals surface area (Å²) in [7, 11) is 0. The fourth-order valence-electron chi connectivity index (χ4n) is 3.11. The number of carboxylic acid groups (broad SMARTS) is 1. The first-order valence-electron chi connectivity index (χ1n) is 7.82. The van der Waals surface area contributed by atoms with E-state index in [4.69, 9.17) is 5.11 Å². The van der Waals surface area contributed by atoms with Crippen molar-refractivity contribution >= 4 is 17.4 Å². The predicted molar refractivity (Wildman–Crippen MR) is 89.0 cm³/mol. The summed E-state index contributed by atoms with van der Waals surface area (Å²) in [5.41, 5.74) is 3.87. The molecule has 0 fully saturated rings. The van der Waals surface area contributed by atoms with E-state index in [2.05, 4.69) is 11.8 Å². The highest BCUT2D eigenvalue weighted by atomic mass is 16.4. The summed E-state index contributed by atoms with van der Waals surface area (Å²) in [4.78, 5) is 26.1. The largest absolute Gasteiger partial charge is 0.481 e. The van der Waals surface area contributed by atoms with Gasteiger partial charge in [-0.05, 0) is 29.7 Å².